The van der Waals surface area contributed by atoms with Crippen LogP contribution in [0.2, 0.25) is 0 Å². The molecule has 0 aliphatic rings. The summed E-state index contributed by atoms with van der Waals surface area (Å²) in [5.74, 6) is 0.00687. The van der Waals surface area contributed by atoms with E-state index in [1.165, 1.54) is 0 Å². The fourth-order valence-electron chi connectivity index (χ4n) is 3.88. The number of ketones is 1. The van der Waals surface area contributed by atoms with Crippen molar-refractivity contribution in [3.63, 3.8) is 0 Å². The summed E-state index contributed by atoms with van der Waals surface area (Å²) in [6, 6.07) is 28.7. The van der Waals surface area contributed by atoms with Gasteiger partial charge in [0.2, 0.25) is 11.8 Å². The molecule has 0 aromatic heterocycles. The molecule has 4 aromatic carbocycles. The van der Waals surface area contributed by atoms with E-state index in [-0.39, 0.29) is 30.4 Å². The summed E-state index contributed by atoms with van der Waals surface area (Å²) in [5.41, 5.74) is 4.46. The van der Waals surface area contributed by atoms with E-state index < -0.39 is 0 Å². The van der Waals surface area contributed by atoms with Crippen molar-refractivity contribution in [3.8, 4) is 5.75 Å². The van der Waals surface area contributed by atoms with Crippen LogP contribution in [0.1, 0.15) is 32.6 Å². The number of hydrogen-bond acceptors (Lipinski definition) is 4. The van der Waals surface area contributed by atoms with Crippen LogP contribution in [0, 0.1) is 6.92 Å². The Morgan fingerprint density at radius 3 is 1.92 bits per heavy atom. The molecule has 4 rings (SSSR count). The van der Waals surface area contributed by atoms with Gasteiger partial charge in [-0.15, -0.1) is 0 Å². The van der Waals surface area contributed by atoms with Crippen LogP contribution in [-0.4, -0.2) is 24.7 Å². The number of rotatable bonds is 9. The van der Waals surface area contributed by atoms with Crippen LogP contribution in [0.15, 0.2) is 97.1 Å². The predicted octanol–water partition coefficient (Wildman–Crippen LogP) is 5.60. The summed E-state index contributed by atoms with van der Waals surface area (Å²) in [6.07, 6.45) is 0.348. The van der Waals surface area contributed by atoms with Crippen molar-refractivity contribution >= 4 is 29.0 Å². The number of aryl methyl sites for hydroxylation is 1. The standard InChI is InChI=1S/C31H28N2O4/c1-21-8-10-22(11-9-21)19-30(35)33-28-17-14-25(20-27(28)31(36)24-6-4-3-5-7-24)32-29(34)18-23-12-15-26(37-2)16-13-23/h3-17,20H,18-19H2,1-2H3,(H,32,34)(H,33,35). The van der Waals surface area contributed by atoms with Crippen molar-refractivity contribution in [1.29, 1.82) is 0 Å². The van der Waals surface area contributed by atoms with E-state index in [0.29, 0.717) is 28.3 Å². The van der Waals surface area contributed by atoms with Crippen LogP contribution in [0.5, 0.6) is 5.75 Å². The third-order valence-corrected chi connectivity index (χ3v) is 5.87. The minimum Gasteiger partial charge on any atom is -0.497 e. The van der Waals surface area contributed by atoms with E-state index in [2.05, 4.69) is 10.6 Å². The predicted molar refractivity (Wildman–Crippen MR) is 145 cm³/mol. The maximum absolute atomic E-state index is 13.4. The number of carbonyl (C=O) groups excluding carboxylic acids is 3. The number of amides is 2. The van der Waals surface area contributed by atoms with E-state index in [0.717, 1.165) is 16.7 Å². The van der Waals surface area contributed by atoms with Crippen LogP contribution < -0.4 is 15.4 Å². The second kappa shape index (κ2) is 11.8. The number of hydrogen-bond donors (Lipinski definition) is 2. The molecule has 186 valence electrons. The largest absolute Gasteiger partial charge is 0.497 e. The van der Waals surface area contributed by atoms with Gasteiger partial charge < -0.3 is 15.4 Å². The fraction of sp³-hybridized carbons (Fsp3) is 0.129. The molecule has 0 saturated carbocycles. The summed E-state index contributed by atoms with van der Waals surface area (Å²) >= 11 is 0. The number of methoxy groups -OCH3 is 1. The highest BCUT2D eigenvalue weighted by molar-refractivity contribution is 6.14. The van der Waals surface area contributed by atoms with Gasteiger partial charge in [0, 0.05) is 16.8 Å². The molecule has 0 atom stereocenters. The van der Waals surface area contributed by atoms with E-state index in [9.17, 15) is 14.4 Å². The van der Waals surface area contributed by atoms with E-state index >= 15 is 0 Å². The van der Waals surface area contributed by atoms with E-state index in [1.807, 2.05) is 49.4 Å². The molecule has 0 unspecified atom stereocenters. The highest BCUT2D eigenvalue weighted by atomic mass is 16.5. The second-order valence-corrected chi connectivity index (χ2v) is 8.74. The zero-order chi connectivity index (χ0) is 26.2. The Morgan fingerprint density at radius 2 is 1.30 bits per heavy atom. The maximum atomic E-state index is 13.4. The molecule has 0 bridgehead atoms. The lowest BCUT2D eigenvalue weighted by atomic mass is 10.0. The Hall–Kier alpha value is -4.71. The number of benzene rings is 4. The topological polar surface area (TPSA) is 84.5 Å². The third kappa shape index (κ3) is 6.92. The van der Waals surface area contributed by atoms with Gasteiger partial charge in [0.15, 0.2) is 5.78 Å². The Morgan fingerprint density at radius 1 is 0.703 bits per heavy atom. The van der Waals surface area contributed by atoms with Gasteiger partial charge in [0.1, 0.15) is 5.75 Å². The molecule has 2 N–H and O–H groups in total. The summed E-state index contributed by atoms with van der Waals surface area (Å²) in [7, 11) is 1.59. The fourth-order valence-corrected chi connectivity index (χ4v) is 3.88. The summed E-state index contributed by atoms with van der Waals surface area (Å²) in [5, 5.41) is 5.73. The lowest BCUT2D eigenvalue weighted by molar-refractivity contribution is -0.116. The van der Waals surface area contributed by atoms with Crippen LogP contribution in [-0.2, 0) is 22.4 Å². The first kappa shape index (κ1) is 25.4. The normalized spacial score (nSPS) is 10.4. The van der Waals surface area contributed by atoms with E-state index in [1.54, 1.807) is 61.7 Å². The van der Waals surface area contributed by atoms with Crippen molar-refractivity contribution in [3.05, 3.63) is 125 Å². The first-order valence-electron chi connectivity index (χ1n) is 11.9. The second-order valence-electron chi connectivity index (χ2n) is 8.74. The smallest absolute Gasteiger partial charge is 0.228 e. The van der Waals surface area contributed by atoms with Crippen LogP contribution >= 0.6 is 0 Å². The van der Waals surface area contributed by atoms with Crippen LogP contribution in [0.25, 0.3) is 0 Å². The summed E-state index contributed by atoms with van der Waals surface area (Å²) in [4.78, 5) is 38.8. The van der Waals surface area contributed by atoms with Gasteiger partial charge in [0.25, 0.3) is 0 Å². The molecule has 37 heavy (non-hydrogen) atoms. The molecule has 0 heterocycles. The summed E-state index contributed by atoms with van der Waals surface area (Å²) < 4.78 is 5.16. The molecular formula is C31H28N2O4. The zero-order valence-corrected chi connectivity index (χ0v) is 20.8. The first-order chi connectivity index (χ1) is 17.9. The molecule has 4 aromatic rings. The zero-order valence-electron chi connectivity index (χ0n) is 20.8. The molecule has 0 fully saturated rings. The number of ether oxygens (including phenoxy) is 1. The van der Waals surface area contributed by atoms with Crippen molar-refractivity contribution in [2.24, 2.45) is 0 Å². The summed E-state index contributed by atoms with van der Waals surface area (Å²) in [6.45, 7) is 1.99. The van der Waals surface area contributed by atoms with Gasteiger partial charge in [-0.05, 0) is 48.4 Å². The van der Waals surface area contributed by atoms with Crippen LogP contribution in [0.3, 0.4) is 0 Å². The van der Waals surface area contributed by atoms with Crippen LogP contribution in [0.4, 0.5) is 11.4 Å². The van der Waals surface area contributed by atoms with Gasteiger partial charge in [-0.25, -0.2) is 0 Å². The van der Waals surface area contributed by atoms with Gasteiger partial charge in [-0.3, -0.25) is 14.4 Å². The highest BCUT2D eigenvalue weighted by Crippen LogP contribution is 2.25. The lowest BCUT2D eigenvalue weighted by Crippen LogP contribution is -2.18. The molecule has 0 spiro atoms. The molecule has 0 aliphatic carbocycles. The van der Waals surface area contributed by atoms with Gasteiger partial charge in [0.05, 0.1) is 25.6 Å². The van der Waals surface area contributed by atoms with Crippen molar-refractivity contribution in [2.75, 3.05) is 17.7 Å². The molecule has 6 nitrogen and oxygen atoms in total. The first-order valence-corrected chi connectivity index (χ1v) is 11.9. The van der Waals surface area contributed by atoms with Crippen molar-refractivity contribution < 1.29 is 19.1 Å². The van der Waals surface area contributed by atoms with Gasteiger partial charge in [-0.2, -0.15) is 0 Å². The van der Waals surface area contributed by atoms with Crippen molar-refractivity contribution in [2.45, 2.75) is 19.8 Å². The van der Waals surface area contributed by atoms with Gasteiger partial charge >= 0.3 is 0 Å². The van der Waals surface area contributed by atoms with Gasteiger partial charge in [-0.1, -0.05) is 72.3 Å². The SMILES string of the molecule is COc1ccc(CC(=O)Nc2ccc(NC(=O)Cc3ccc(C)cc3)c(C(=O)c3ccccc3)c2)cc1. The molecule has 0 saturated heterocycles. The van der Waals surface area contributed by atoms with Crippen molar-refractivity contribution in [1.82, 2.24) is 0 Å². The Balaban J connectivity index is 1.54. The third-order valence-electron chi connectivity index (χ3n) is 5.87. The Kier molecular flexibility index (Phi) is 8.11. The number of nitrogens with one attached hydrogen (secondary N) is 2. The minimum atomic E-state index is -0.252. The molecule has 0 radical (unpaired) electrons. The molecule has 0 aliphatic heterocycles. The molecule has 2 amide bonds. The number of anilines is 2. The number of carbonyl (C=O) groups is 3. The minimum absolute atomic E-state index is 0.168. The Bertz CT molecular complexity index is 1400. The van der Waals surface area contributed by atoms with E-state index in [4.69, 9.17) is 4.74 Å². The Labute approximate surface area is 216 Å². The molecular weight excluding hydrogens is 464 g/mol. The maximum Gasteiger partial charge on any atom is 0.228 e. The molecule has 6 heteroatoms. The quantitative estimate of drug-likeness (QED) is 0.298. The highest BCUT2D eigenvalue weighted by Gasteiger charge is 2.17. The average Bonchev–Trinajstić information content (AvgIpc) is 2.91. The lowest BCUT2D eigenvalue weighted by Gasteiger charge is -2.14. The monoisotopic (exact) mass is 492 g/mol. The average molecular weight is 493 g/mol.